The highest BCUT2D eigenvalue weighted by Crippen LogP contribution is 2.37. The average Bonchev–Trinajstić information content (AvgIpc) is 3.10. The summed E-state index contributed by atoms with van der Waals surface area (Å²) >= 11 is 1.50. The normalized spacial score (nSPS) is 13.3. The van der Waals surface area contributed by atoms with Gasteiger partial charge in [0.05, 0.1) is 11.7 Å². The van der Waals surface area contributed by atoms with Gasteiger partial charge in [-0.1, -0.05) is 19.1 Å². The molecule has 2 atom stereocenters. The zero-order valence-corrected chi connectivity index (χ0v) is 20.5. The molecule has 0 spiro atoms. The number of benzene rings is 1. The summed E-state index contributed by atoms with van der Waals surface area (Å²) in [6, 6.07) is 4.75. The molecule has 2 rings (SSSR count). The molecule has 1 aromatic carbocycles. The molecule has 0 saturated heterocycles. The molecule has 1 heterocycles. The number of aliphatic hydroxyl groups excluding tert-OH is 1. The van der Waals surface area contributed by atoms with Crippen molar-refractivity contribution in [3.05, 3.63) is 45.4 Å². The maximum Gasteiger partial charge on any atom is 0.524 e. The van der Waals surface area contributed by atoms with Crippen molar-refractivity contribution >= 4 is 31.0 Å². The zero-order chi connectivity index (χ0) is 24.6. The molecule has 10 nitrogen and oxygen atoms in total. The maximum atomic E-state index is 13.0. The smallest absolute Gasteiger partial charge is 0.404 e. The Balaban J connectivity index is 2.12. The van der Waals surface area contributed by atoms with E-state index in [0.717, 1.165) is 15.6 Å². The molecule has 182 valence electrons. The second-order valence-electron chi connectivity index (χ2n) is 7.53. The van der Waals surface area contributed by atoms with E-state index in [1.54, 1.807) is 12.1 Å². The van der Waals surface area contributed by atoms with Gasteiger partial charge in [0, 0.05) is 24.8 Å². The van der Waals surface area contributed by atoms with E-state index in [2.05, 4.69) is 20.1 Å². The Labute approximate surface area is 196 Å². The maximum absolute atomic E-state index is 13.0. The lowest BCUT2D eigenvalue weighted by Gasteiger charge is -2.21. The van der Waals surface area contributed by atoms with E-state index in [1.807, 2.05) is 13.8 Å². The third-order valence-electron chi connectivity index (χ3n) is 4.79. The first-order chi connectivity index (χ1) is 15.5. The van der Waals surface area contributed by atoms with E-state index in [4.69, 9.17) is 14.9 Å². The lowest BCUT2D eigenvalue weighted by Crippen LogP contribution is -2.48. The van der Waals surface area contributed by atoms with Crippen LogP contribution < -0.4 is 15.2 Å². The number of rotatable bonds is 12. The van der Waals surface area contributed by atoms with E-state index in [1.165, 1.54) is 30.4 Å². The van der Waals surface area contributed by atoms with Gasteiger partial charge in [0.1, 0.15) is 16.8 Å². The molecule has 0 aliphatic heterocycles. The van der Waals surface area contributed by atoms with Crippen molar-refractivity contribution < 1.29 is 33.6 Å². The van der Waals surface area contributed by atoms with Gasteiger partial charge in [-0.2, -0.15) is 0 Å². The second kappa shape index (κ2) is 12.2. The van der Waals surface area contributed by atoms with Gasteiger partial charge < -0.3 is 20.3 Å². The number of aliphatic hydroxyl groups is 1. The molecule has 0 radical (unpaired) electrons. The molecule has 2 aromatic rings. The first-order valence-electron chi connectivity index (χ1n) is 10.5. The van der Waals surface area contributed by atoms with Gasteiger partial charge in [-0.3, -0.25) is 19.4 Å². The quantitative estimate of drug-likeness (QED) is 0.278. The fourth-order valence-electron chi connectivity index (χ4n) is 3.20. The molecule has 0 fully saturated rings. The van der Waals surface area contributed by atoms with Crippen LogP contribution in [0.3, 0.4) is 0 Å². The topological polar surface area (TPSA) is 158 Å². The molecule has 0 bridgehead atoms. The number of phosphoric ester groups is 1. The standard InChI is InChI=1S/C21H30N3O7PS/c1-4-17(21-24-18(6-5-11-25)13(2)33-21)23-20(27)19(22-14(3)26)12-15-7-9-16(10-8-15)31-32(28,29)30/h7-10,17,19,25H,4-6,11-12H2,1-3H3,(H,22,26)(H,23,27)(H2,28,29,30). The summed E-state index contributed by atoms with van der Waals surface area (Å²) < 4.78 is 15.5. The van der Waals surface area contributed by atoms with Gasteiger partial charge in [0.25, 0.3) is 0 Å². The number of carbonyl (C=O) groups excluding carboxylic acids is 2. The van der Waals surface area contributed by atoms with Gasteiger partial charge in [-0.05, 0) is 43.9 Å². The Morgan fingerprint density at radius 2 is 1.88 bits per heavy atom. The Hall–Kier alpha value is -2.30. The summed E-state index contributed by atoms with van der Waals surface area (Å²) in [5.74, 6) is -0.729. The lowest BCUT2D eigenvalue weighted by atomic mass is 10.0. The largest absolute Gasteiger partial charge is 0.524 e. The van der Waals surface area contributed by atoms with Gasteiger partial charge in [0.2, 0.25) is 11.8 Å². The SMILES string of the molecule is CCC(NC(=O)C(Cc1ccc(OP(=O)(O)O)cc1)NC(C)=O)c1nc(CCCO)c(C)s1. The first-order valence-corrected chi connectivity index (χ1v) is 12.9. The number of nitrogens with zero attached hydrogens (tertiary/aromatic N) is 1. The monoisotopic (exact) mass is 499 g/mol. The number of phosphoric acid groups is 1. The first kappa shape index (κ1) is 26.9. The Morgan fingerprint density at radius 1 is 1.21 bits per heavy atom. The highest BCUT2D eigenvalue weighted by atomic mass is 32.1. The van der Waals surface area contributed by atoms with Crippen molar-refractivity contribution in [3.8, 4) is 5.75 Å². The van der Waals surface area contributed by atoms with E-state index < -0.39 is 13.9 Å². The van der Waals surface area contributed by atoms with Crippen molar-refractivity contribution in [1.82, 2.24) is 15.6 Å². The highest BCUT2D eigenvalue weighted by molar-refractivity contribution is 7.46. The van der Waals surface area contributed by atoms with Crippen molar-refractivity contribution in [1.29, 1.82) is 0 Å². The lowest BCUT2D eigenvalue weighted by molar-refractivity contribution is -0.128. The molecule has 5 N–H and O–H groups in total. The predicted octanol–water partition coefficient (Wildman–Crippen LogP) is 2.16. The summed E-state index contributed by atoms with van der Waals surface area (Å²) in [5.41, 5.74) is 1.58. The van der Waals surface area contributed by atoms with Crippen molar-refractivity contribution in [2.75, 3.05) is 6.61 Å². The Bertz CT molecular complexity index is 990. The Kier molecular flexibility index (Phi) is 10.00. The molecule has 2 unspecified atom stereocenters. The van der Waals surface area contributed by atoms with Crippen LogP contribution in [0.5, 0.6) is 5.75 Å². The number of carbonyl (C=O) groups is 2. The van der Waals surface area contributed by atoms with Crippen LogP contribution in [0.25, 0.3) is 0 Å². The van der Waals surface area contributed by atoms with Crippen molar-refractivity contribution in [3.63, 3.8) is 0 Å². The summed E-state index contributed by atoms with van der Waals surface area (Å²) in [7, 11) is -4.66. The number of hydrogen-bond acceptors (Lipinski definition) is 7. The molecule has 33 heavy (non-hydrogen) atoms. The van der Waals surface area contributed by atoms with Gasteiger partial charge in [0.15, 0.2) is 0 Å². The van der Waals surface area contributed by atoms with Crippen LogP contribution in [0.2, 0.25) is 0 Å². The molecule has 1 aromatic heterocycles. The van der Waals surface area contributed by atoms with Gasteiger partial charge >= 0.3 is 7.82 Å². The predicted molar refractivity (Wildman–Crippen MR) is 124 cm³/mol. The van der Waals surface area contributed by atoms with Crippen LogP contribution in [-0.2, 0) is 27.0 Å². The average molecular weight is 500 g/mol. The summed E-state index contributed by atoms with van der Waals surface area (Å²) in [5, 5.41) is 15.5. The van der Waals surface area contributed by atoms with Gasteiger partial charge in [-0.25, -0.2) is 9.55 Å². The van der Waals surface area contributed by atoms with E-state index in [0.29, 0.717) is 24.8 Å². The van der Waals surface area contributed by atoms with Gasteiger partial charge in [-0.15, -0.1) is 11.3 Å². The minimum Gasteiger partial charge on any atom is -0.404 e. The number of amides is 2. The summed E-state index contributed by atoms with van der Waals surface area (Å²) in [6.45, 7) is 5.31. The van der Waals surface area contributed by atoms with Crippen LogP contribution in [0.4, 0.5) is 0 Å². The number of nitrogens with one attached hydrogen (secondary N) is 2. The van der Waals surface area contributed by atoms with E-state index in [9.17, 15) is 14.2 Å². The number of thiazole rings is 1. The Morgan fingerprint density at radius 3 is 2.42 bits per heavy atom. The number of hydrogen-bond donors (Lipinski definition) is 5. The minimum atomic E-state index is -4.66. The third-order valence-corrected chi connectivity index (χ3v) is 6.36. The number of aromatic nitrogens is 1. The minimum absolute atomic E-state index is 0.00481. The fraction of sp³-hybridized carbons (Fsp3) is 0.476. The van der Waals surface area contributed by atoms with E-state index in [-0.39, 0.29) is 36.6 Å². The van der Waals surface area contributed by atoms with Crippen molar-refractivity contribution in [2.45, 2.75) is 58.5 Å². The molecule has 0 saturated carbocycles. The molecular formula is C21H30N3O7PS. The molecule has 0 aliphatic rings. The van der Waals surface area contributed by atoms with Crippen LogP contribution in [-0.4, -0.2) is 44.3 Å². The van der Waals surface area contributed by atoms with E-state index >= 15 is 0 Å². The van der Waals surface area contributed by atoms with Crippen molar-refractivity contribution in [2.24, 2.45) is 0 Å². The second-order valence-corrected chi connectivity index (χ2v) is 9.93. The fourth-order valence-corrected chi connectivity index (χ4v) is 4.70. The third kappa shape index (κ3) is 8.87. The van der Waals surface area contributed by atoms with Crippen LogP contribution in [0.15, 0.2) is 24.3 Å². The van der Waals surface area contributed by atoms with Crippen LogP contribution >= 0.6 is 19.2 Å². The highest BCUT2D eigenvalue weighted by Gasteiger charge is 2.25. The number of aryl methyl sites for hydroxylation is 2. The van der Waals surface area contributed by atoms with Crippen LogP contribution in [0, 0.1) is 6.92 Å². The molecule has 12 heteroatoms. The molecule has 2 amide bonds. The molecular weight excluding hydrogens is 469 g/mol. The summed E-state index contributed by atoms with van der Waals surface area (Å²) in [4.78, 5) is 48.2. The summed E-state index contributed by atoms with van der Waals surface area (Å²) in [6.07, 6.45) is 2.07. The zero-order valence-electron chi connectivity index (χ0n) is 18.8. The molecule has 0 aliphatic carbocycles. The van der Waals surface area contributed by atoms with Crippen LogP contribution in [0.1, 0.15) is 53.9 Å².